The van der Waals surface area contributed by atoms with Crippen LogP contribution >= 0.6 is 0 Å². The molecule has 0 aromatic carbocycles. The first-order valence-electron chi connectivity index (χ1n) is 5.03. The molecular weight excluding hydrogens is 150 g/mol. The van der Waals surface area contributed by atoms with Gasteiger partial charge in [0.15, 0.2) is 0 Å². The smallest absolute Gasteiger partial charge is 0.0541 e. The molecule has 0 radical (unpaired) electrons. The van der Waals surface area contributed by atoms with Crippen molar-refractivity contribution in [1.82, 2.24) is 4.90 Å². The Balaban J connectivity index is 2.30. The van der Waals surface area contributed by atoms with Crippen LogP contribution in [0.4, 0.5) is 0 Å². The minimum absolute atomic E-state index is 0.112. The normalized spacial score (nSPS) is 24.8. The van der Waals surface area contributed by atoms with E-state index >= 15 is 0 Å². The summed E-state index contributed by atoms with van der Waals surface area (Å²) < 4.78 is 0. The maximum absolute atomic E-state index is 9.38. The Kier molecular flexibility index (Phi) is 3.53. The topological polar surface area (TPSA) is 23.5 Å². The molecule has 12 heavy (non-hydrogen) atoms. The predicted octanol–water partition coefficient (Wildman–Crippen LogP) is 1.49. The van der Waals surface area contributed by atoms with E-state index in [4.69, 9.17) is 0 Å². The molecule has 0 amide bonds. The molecule has 1 atom stereocenters. The standard InChI is InChI=1S/C10H21NO/c1-8(2)11-6-4-10(5-7-11)9(3)12/h8-10,12H,4-7H2,1-3H3. The van der Waals surface area contributed by atoms with E-state index in [2.05, 4.69) is 18.7 Å². The zero-order chi connectivity index (χ0) is 9.14. The van der Waals surface area contributed by atoms with Crippen molar-refractivity contribution in [2.75, 3.05) is 13.1 Å². The van der Waals surface area contributed by atoms with Gasteiger partial charge in [0.2, 0.25) is 0 Å². The van der Waals surface area contributed by atoms with Crippen molar-refractivity contribution >= 4 is 0 Å². The molecule has 1 saturated heterocycles. The van der Waals surface area contributed by atoms with E-state index in [9.17, 15) is 5.11 Å². The fourth-order valence-corrected chi connectivity index (χ4v) is 1.92. The first kappa shape index (κ1) is 10.0. The second-order valence-corrected chi connectivity index (χ2v) is 4.21. The van der Waals surface area contributed by atoms with Gasteiger partial charge in [0, 0.05) is 6.04 Å². The Morgan fingerprint density at radius 2 is 1.67 bits per heavy atom. The first-order chi connectivity index (χ1) is 5.61. The Bertz CT molecular complexity index is 110. The van der Waals surface area contributed by atoms with Gasteiger partial charge in [-0.05, 0) is 52.6 Å². The summed E-state index contributed by atoms with van der Waals surface area (Å²) in [5.74, 6) is 0.542. The van der Waals surface area contributed by atoms with Gasteiger partial charge in [0.25, 0.3) is 0 Å². The van der Waals surface area contributed by atoms with Gasteiger partial charge < -0.3 is 10.0 Å². The third-order valence-corrected chi connectivity index (χ3v) is 2.99. The highest BCUT2D eigenvalue weighted by molar-refractivity contribution is 4.76. The maximum Gasteiger partial charge on any atom is 0.0541 e. The number of likely N-dealkylation sites (tertiary alicyclic amines) is 1. The molecule has 0 aliphatic carbocycles. The van der Waals surface area contributed by atoms with Crippen LogP contribution < -0.4 is 0 Å². The van der Waals surface area contributed by atoms with Crippen molar-refractivity contribution in [2.24, 2.45) is 5.92 Å². The molecule has 0 aromatic rings. The first-order valence-corrected chi connectivity index (χ1v) is 5.03. The van der Waals surface area contributed by atoms with Gasteiger partial charge in [-0.15, -0.1) is 0 Å². The molecule has 1 heterocycles. The maximum atomic E-state index is 9.38. The molecule has 72 valence electrons. The predicted molar refractivity (Wildman–Crippen MR) is 51.1 cm³/mol. The van der Waals surface area contributed by atoms with Crippen LogP contribution in [0.2, 0.25) is 0 Å². The molecule has 2 heteroatoms. The molecule has 1 N–H and O–H groups in total. The highest BCUT2D eigenvalue weighted by Gasteiger charge is 2.23. The molecule has 0 aromatic heterocycles. The molecule has 2 nitrogen and oxygen atoms in total. The van der Waals surface area contributed by atoms with Crippen LogP contribution in [-0.4, -0.2) is 35.2 Å². The number of piperidine rings is 1. The van der Waals surface area contributed by atoms with Gasteiger partial charge >= 0.3 is 0 Å². The summed E-state index contributed by atoms with van der Waals surface area (Å²) in [5, 5.41) is 9.38. The van der Waals surface area contributed by atoms with E-state index in [1.54, 1.807) is 0 Å². The zero-order valence-electron chi connectivity index (χ0n) is 8.45. The van der Waals surface area contributed by atoms with E-state index in [1.807, 2.05) is 6.92 Å². The summed E-state index contributed by atoms with van der Waals surface area (Å²) in [6.07, 6.45) is 2.21. The molecule has 0 saturated carbocycles. The van der Waals surface area contributed by atoms with E-state index in [0.717, 1.165) is 25.9 Å². The van der Waals surface area contributed by atoms with Gasteiger partial charge in [0.05, 0.1) is 6.10 Å². The zero-order valence-corrected chi connectivity index (χ0v) is 8.45. The molecule has 1 rings (SSSR count). The summed E-state index contributed by atoms with van der Waals surface area (Å²) >= 11 is 0. The monoisotopic (exact) mass is 171 g/mol. The Morgan fingerprint density at radius 3 is 2.00 bits per heavy atom. The molecule has 1 fully saturated rings. The quantitative estimate of drug-likeness (QED) is 0.680. The number of nitrogens with zero attached hydrogens (tertiary/aromatic N) is 1. The Morgan fingerprint density at radius 1 is 1.17 bits per heavy atom. The third-order valence-electron chi connectivity index (χ3n) is 2.99. The van der Waals surface area contributed by atoms with Gasteiger partial charge in [-0.3, -0.25) is 0 Å². The van der Waals surface area contributed by atoms with Crippen molar-refractivity contribution in [3.8, 4) is 0 Å². The summed E-state index contributed by atoms with van der Waals surface area (Å²) in [5.41, 5.74) is 0. The lowest BCUT2D eigenvalue weighted by atomic mass is 9.92. The van der Waals surface area contributed by atoms with Crippen molar-refractivity contribution in [1.29, 1.82) is 0 Å². The van der Waals surface area contributed by atoms with Crippen LogP contribution in [0.5, 0.6) is 0 Å². The molecular formula is C10H21NO. The van der Waals surface area contributed by atoms with Gasteiger partial charge in [-0.25, -0.2) is 0 Å². The number of hydrogen-bond donors (Lipinski definition) is 1. The van der Waals surface area contributed by atoms with Crippen LogP contribution in [0.1, 0.15) is 33.6 Å². The van der Waals surface area contributed by atoms with E-state index in [0.29, 0.717) is 12.0 Å². The average molecular weight is 171 g/mol. The van der Waals surface area contributed by atoms with Crippen molar-refractivity contribution in [2.45, 2.75) is 45.8 Å². The van der Waals surface area contributed by atoms with Crippen LogP contribution in [0.3, 0.4) is 0 Å². The fourth-order valence-electron chi connectivity index (χ4n) is 1.92. The van der Waals surface area contributed by atoms with E-state index < -0.39 is 0 Å². The Labute approximate surface area is 75.6 Å². The van der Waals surface area contributed by atoms with E-state index in [-0.39, 0.29) is 6.10 Å². The number of aliphatic hydroxyl groups excluding tert-OH is 1. The molecule has 1 aliphatic rings. The summed E-state index contributed by atoms with van der Waals surface area (Å²) in [6.45, 7) is 8.71. The average Bonchev–Trinajstić information content (AvgIpc) is 2.04. The van der Waals surface area contributed by atoms with Crippen molar-refractivity contribution in [3.05, 3.63) is 0 Å². The highest BCUT2D eigenvalue weighted by Crippen LogP contribution is 2.21. The van der Waals surface area contributed by atoms with Crippen LogP contribution in [-0.2, 0) is 0 Å². The van der Waals surface area contributed by atoms with Crippen molar-refractivity contribution in [3.63, 3.8) is 0 Å². The molecule has 1 unspecified atom stereocenters. The van der Waals surface area contributed by atoms with Crippen molar-refractivity contribution < 1.29 is 5.11 Å². The Hall–Kier alpha value is -0.0800. The lowest BCUT2D eigenvalue weighted by molar-refractivity contribution is 0.0616. The lowest BCUT2D eigenvalue weighted by Crippen LogP contribution is -2.40. The second-order valence-electron chi connectivity index (χ2n) is 4.21. The summed E-state index contributed by atoms with van der Waals surface area (Å²) in [7, 11) is 0. The van der Waals surface area contributed by atoms with Gasteiger partial charge in [-0.1, -0.05) is 0 Å². The lowest BCUT2D eigenvalue weighted by Gasteiger charge is -2.35. The summed E-state index contributed by atoms with van der Waals surface area (Å²) in [6, 6.07) is 0.667. The summed E-state index contributed by atoms with van der Waals surface area (Å²) in [4.78, 5) is 2.48. The third kappa shape index (κ3) is 2.46. The largest absolute Gasteiger partial charge is 0.393 e. The van der Waals surface area contributed by atoms with Crippen LogP contribution in [0, 0.1) is 5.92 Å². The van der Waals surface area contributed by atoms with E-state index in [1.165, 1.54) is 0 Å². The molecule has 0 spiro atoms. The van der Waals surface area contributed by atoms with Crippen LogP contribution in [0.15, 0.2) is 0 Å². The highest BCUT2D eigenvalue weighted by atomic mass is 16.3. The molecule has 0 bridgehead atoms. The minimum atomic E-state index is -0.112. The number of rotatable bonds is 2. The number of hydrogen-bond acceptors (Lipinski definition) is 2. The molecule has 1 aliphatic heterocycles. The fraction of sp³-hybridized carbons (Fsp3) is 1.00. The minimum Gasteiger partial charge on any atom is -0.393 e. The van der Waals surface area contributed by atoms with Gasteiger partial charge in [0.1, 0.15) is 0 Å². The van der Waals surface area contributed by atoms with Crippen LogP contribution in [0.25, 0.3) is 0 Å². The SMILES string of the molecule is CC(O)C1CCN(C(C)C)CC1. The number of aliphatic hydroxyl groups is 1. The van der Waals surface area contributed by atoms with Gasteiger partial charge in [-0.2, -0.15) is 0 Å². The second kappa shape index (κ2) is 4.24.